The minimum Gasteiger partial charge on any atom is -0.338 e. The molecule has 0 bridgehead atoms. The lowest BCUT2D eigenvalue weighted by molar-refractivity contribution is 1.17. The van der Waals surface area contributed by atoms with Crippen LogP contribution in [0.3, 0.4) is 0 Å². The van der Waals surface area contributed by atoms with Crippen molar-refractivity contribution >= 4 is 34.0 Å². The first kappa shape index (κ1) is 15.4. The van der Waals surface area contributed by atoms with E-state index in [0.29, 0.717) is 11.0 Å². The van der Waals surface area contributed by atoms with E-state index in [1.54, 1.807) is 30.9 Å². The van der Waals surface area contributed by atoms with Crippen molar-refractivity contribution in [2.45, 2.75) is 6.92 Å². The minimum atomic E-state index is 0.413. The van der Waals surface area contributed by atoms with Crippen LogP contribution < -0.4 is 5.32 Å². The Hall–Kier alpha value is -3.12. The van der Waals surface area contributed by atoms with Crippen molar-refractivity contribution < 1.29 is 0 Å². The second kappa shape index (κ2) is 6.41. The van der Waals surface area contributed by atoms with E-state index in [1.807, 2.05) is 25.1 Å². The van der Waals surface area contributed by atoms with Gasteiger partial charge in [0.1, 0.15) is 17.0 Å². The zero-order chi connectivity index (χ0) is 17.2. The number of nitrogens with zero attached hydrogens (tertiary/aromatic N) is 5. The maximum absolute atomic E-state index is 5.96. The van der Waals surface area contributed by atoms with Gasteiger partial charge in [-0.3, -0.25) is 0 Å². The molecular weight excluding hydrogens is 336 g/mol. The van der Waals surface area contributed by atoms with Crippen LogP contribution in [0.4, 0.5) is 11.5 Å². The first-order valence-electron chi connectivity index (χ1n) is 7.61. The van der Waals surface area contributed by atoms with Gasteiger partial charge in [0.15, 0.2) is 5.82 Å². The van der Waals surface area contributed by atoms with Crippen LogP contribution in [0.2, 0.25) is 5.15 Å². The Morgan fingerprint density at radius 3 is 2.64 bits per heavy atom. The van der Waals surface area contributed by atoms with Gasteiger partial charge in [0.2, 0.25) is 0 Å². The molecule has 0 aliphatic rings. The van der Waals surface area contributed by atoms with E-state index in [9.17, 15) is 0 Å². The number of pyridine rings is 3. The molecule has 4 heterocycles. The summed E-state index contributed by atoms with van der Waals surface area (Å²) in [5.41, 5.74) is 4.30. The molecule has 0 saturated heterocycles. The fourth-order valence-corrected chi connectivity index (χ4v) is 2.76. The Labute approximate surface area is 149 Å². The maximum atomic E-state index is 5.96. The van der Waals surface area contributed by atoms with Gasteiger partial charge >= 0.3 is 0 Å². The van der Waals surface area contributed by atoms with E-state index in [2.05, 4.69) is 30.2 Å². The summed E-state index contributed by atoms with van der Waals surface area (Å²) in [6.07, 6.45) is 8.47. The number of aryl methyl sites for hydroxylation is 1. The summed E-state index contributed by atoms with van der Waals surface area (Å²) in [5, 5.41) is 4.65. The third kappa shape index (κ3) is 3.12. The average Bonchev–Trinajstić information content (AvgIpc) is 2.63. The quantitative estimate of drug-likeness (QED) is 0.559. The molecule has 0 aliphatic carbocycles. The Bertz CT molecular complexity index is 1050. The van der Waals surface area contributed by atoms with Crippen molar-refractivity contribution in [3.05, 3.63) is 66.2 Å². The molecule has 0 unspecified atom stereocenters. The van der Waals surface area contributed by atoms with E-state index in [-0.39, 0.29) is 0 Å². The number of hydrogen-bond acceptors (Lipinski definition) is 6. The topological polar surface area (TPSA) is 76.5 Å². The summed E-state index contributed by atoms with van der Waals surface area (Å²) in [6.45, 7) is 1.95. The highest BCUT2D eigenvalue weighted by atomic mass is 35.5. The summed E-state index contributed by atoms with van der Waals surface area (Å²) in [7, 11) is 0. The number of aromatic nitrogens is 5. The van der Waals surface area contributed by atoms with Gasteiger partial charge in [-0.25, -0.2) is 24.9 Å². The second-order valence-electron chi connectivity index (χ2n) is 5.49. The highest BCUT2D eigenvalue weighted by Gasteiger charge is 2.12. The van der Waals surface area contributed by atoms with Crippen LogP contribution in [0, 0.1) is 6.92 Å². The Morgan fingerprint density at radius 2 is 1.84 bits per heavy atom. The molecular formula is C18H13ClN6. The Morgan fingerprint density at radius 1 is 1.00 bits per heavy atom. The molecule has 122 valence electrons. The summed E-state index contributed by atoms with van der Waals surface area (Å²) in [6, 6.07) is 7.58. The lowest BCUT2D eigenvalue weighted by atomic mass is 10.1. The molecule has 4 aromatic heterocycles. The fourth-order valence-electron chi connectivity index (χ4n) is 2.59. The monoisotopic (exact) mass is 348 g/mol. The van der Waals surface area contributed by atoms with Crippen LogP contribution >= 0.6 is 11.6 Å². The molecule has 4 rings (SSSR count). The van der Waals surface area contributed by atoms with Gasteiger partial charge in [0, 0.05) is 52.7 Å². The molecule has 0 spiro atoms. The Kier molecular flexibility index (Phi) is 3.95. The number of fused-ring (bicyclic) bond motifs is 1. The summed E-state index contributed by atoms with van der Waals surface area (Å²) in [4.78, 5) is 21.4. The lowest BCUT2D eigenvalue weighted by Crippen LogP contribution is -1.99. The second-order valence-corrected chi connectivity index (χ2v) is 5.88. The Balaban J connectivity index is 1.88. The van der Waals surface area contributed by atoms with Gasteiger partial charge in [0.25, 0.3) is 0 Å². The van der Waals surface area contributed by atoms with Crippen LogP contribution in [-0.4, -0.2) is 24.9 Å². The van der Waals surface area contributed by atoms with Gasteiger partial charge in [0.05, 0.1) is 0 Å². The molecule has 0 amide bonds. The number of rotatable bonds is 3. The summed E-state index contributed by atoms with van der Waals surface area (Å²) < 4.78 is 0. The van der Waals surface area contributed by atoms with Crippen molar-refractivity contribution in [1.82, 2.24) is 24.9 Å². The zero-order valence-electron chi connectivity index (χ0n) is 13.3. The molecule has 0 aliphatic heterocycles. The molecule has 0 radical (unpaired) electrons. The van der Waals surface area contributed by atoms with Gasteiger partial charge in [-0.15, -0.1) is 0 Å². The van der Waals surface area contributed by atoms with Crippen molar-refractivity contribution in [2.24, 2.45) is 0 Å². The predicted octanol–water partition coefficient (Wildman–Crippen LogP) is 4.19. The SMILES string of the molecule is Cc1ccc2c(-c3cncnc3)cnc(Nc3ccnc(Cl)c3)c2n1. The van der Waals surface area contributed by atoms with Gasteiger partial charge in [-0.1, -0.05) is 17.7 Å². The zero-order valence-corrected chi connectivity index (χ0v) is 14.1. The standard InChI is InChI=1S/C18H13ClN6/c1-11-2-3-14-15(12-7-20-10-21-8-12)9-23-18(17(14)24-11)25-13-4-5-22-16(19)6-13/h2-10H,1H3,(H,22,23,25). The molecule has 6 nitrogen and oxygen atoms in total. The lowest BCUT2D eigenvalue weighted by Gasteiger charge is -2.12. The first-order chi connectivity index (χ1) is 12.2. The minimum absolute atomic E-state index is 0.413. The highest BCUT2D eigenvalue weighted by Crippen LogP contribution is 2.31. The molecule has 0 fully saturated rings. The van der Waals surface area contributed by atoms with Crippen molar-refractivity contribution in [3.63, 3.8) is 0 Å². The molecule has 7 heteroatoms. The maximum Gasteiger partial charge on any atom is 0.157 e. The molecule has 0 aromatic carbocycles. The smallest absolute Gasteiger partial charge is 0.157 e. The van der Waals surface area contributed by atoms with Crippen LogP contribution in [0.5, 0.6) is 0 Å². The number of nitrogens with one attached hydrogen (secondary N) is 1. The summed E-state index contributed by atoms with van der Waals surface area (Å²) in [5.74, 6) is 0.654. The predicted molar refractivity (Wildman–Crippen MR) is 97.8 cm³/mol. The van der Waals surface area contributed by atoms with E-state index < -0.39 is 0 Å². The molecule has 0 saturated carbocycles. The van der Waals surface area contributed by atoms with Gasteiger partial charge < -0.3 is 5.32 Å². The third-order valence-electron chi connectivity index (χ3n) is 3.73. The number of halogens is 1. The number of hydrogen-bond donors (Lipinski definition) is 1. The highest BCUT2D eigenvalue weighted by molar-refractivity contribution is 6.29. The normalized spacial score (nSPS) is 10.8. The molecule has 25 heavy (non-hydrogen) atoms. The number of anilines is 2. The van der Waals surface area contributed by atoms with Gasteiger partial charge in [-0.05, 0) is 25.1 Å². The van der Waals surface area contributed by atoms with Crippen LogP contribution in [0.15, 0.2) is 55.4 Å². The molecule has 1 N–H and O–H groups in total. The average molecular weight is 349 g/mol. The van der Waals surface area contributed by atoms with E-state index in [0.717, 1.165) is 33.4 Å². The van der Waals surface area contributed by atoms with Crippen molar-refractivity contribution in [3.8, 4) is 11.1 Å². The van der Waals surface area contributed by atoms with E-state index in [1.165, 1.54) is 6.33 Å². The molecule has 0 atom stereocenters. The fraction of sp³-hybridized carbons (Fsp3) is 0.0556. The molecule has 4 aromatic rings. The first-order valence-corrected chi connectivity index (χ1v) is 7.99. The third-order valence-corrected chi connectivity index (χ3v) is 3.94. The van der Waals surface area contributed by atoms with Crippen molar-refractivity contribution in [2.75, 3.05) is 5.32 Å². The van der Waals surface area contributed by atoms with Crippen molar-refractivity contribution in [1.29, 1.82) is 0 Å². The van der Waals surface area contributed by atoms with Crippen LogP contribution in [0.1, 0.15) is 5.69 Å². The van der Waals surface area contributed by atoms with E-state index >= 15 is 0 Å². The van der Waals surface area contributed by atoms with Gasteiger partial charge in [-0.2, -0.15) is 0 Å². The summed E-state index contributed by atoms with van der Waals surface area (Å²) >= 11 is 5.96. The van der Waals surface area contributed by atoms with E-state index in [4.69, 9.17) is 11.6 Å². The van der Waals surface area contributed by atoms with Crippen LogP contribution in [-0.2, 0) is 0 Å². The van der Waals surface area contributed by atoms with Crippen LogP contribution in [0.25, 0.3) is 22.0 Å². The largest absolute Gasteiger partial charge is 0.338 e.